The molecule has 5 rings (SSSR count). The van der Waals surface area contributed by atoms with Gasteiger partial charge in [0.2, 0.25) is 11.8 Å². The smallest absolute Gasteiger partial charge is 0.249 e. The number of hydrogen-bond acceptors (Lipinski definition) is 6. The quantitative estimate of drug-likeness (QED) is 0.487. The highest BCUT2D eigenvalue weighted by molar-refractivity contribution is 7.11. The average molecular weight is 478 g/mol. The molecule has 0 atom stereocenters. The van der Waals surface area contributed by atoms with E-state index in [-0.39, 0.29) is 24.5 Å². The number of carbonyl (C=O) groups excluding carboxylic acids is 1. The number of hydrogen-bond donors (Lipinski definition) is 0. The molecule has 8 heteroatoms. The Morgan fingerprint density at radius 1 is 1.24 bits per heavy atom. The van der Waals surface area contributed by atoms with Crippen LogP contribution in [0, 0.1) is 18.8 Å². The van der Waals surface area contributed by atoms with E-state index in [1.54, 1.807) is 17.5 Å². The molecule has 0 N–H and O–H groups in total. The second-order valence-electron chi connectivity index (χ2n) is 10.4. The first-order valence-electron chi connectivity index (χ1n) is 12.3. The van der Waals surface area contributed by atoms with Crippen LogP contribution in [0.15, 0.2) is 10.6 Å². The summed E-state index contributed by atoms with van der Waals surface area (Å²) < 4.78 is 31.9. The molecule has 2 aliphatic carbocycles. The third-order valence-corrected chi connectivity index (χ3v) is 8.94. The van der Waals surface area contributed by atoms with Gasteiger partial charge >= 0.3 is 0 Å². The second kappa shape index (κ2) is 9.53. The first-order valence-corrected chi connectivity index (χ1v) is 13.2. The summed E-state index contributed by atoms with van der Waals surface area (Å²) in [6.07, 6.45) is 9.41. The van der Waals surface area contributed by atoms with Gasteiger partial charge in [0, 0.05) is 43.1 Å². The number of Topliss-reactive ketones (excluding diaryl/α,β-unsaturated/α-hetero) is 1. The molecule has 0 unspecified atom stereocenters. The lowest BCUT2D eigenvalue weighted by Gasteiger charge is -2.33. The van der Waals surface area contributed by atoms with E-state index >= 15 is 0 Å². The van der Waals surface area contributed by atoms with Crippen LogP contribution < -0.4 is 0 Å². The normalized spacial score (nSPS) is 25.5. The molecule has 0 aromatic carbocycles. The van der Waals surface area contributed by atoms with Crippen molar-refractivity contribution < 1.29 is 18.0 Å². The maximum atomic E-state index is 13.2. The number of rotatable bonds is 8. The van der Waals surface area contributed by atoms with E-state index in [2.05, 4.69) is 9.88 Å². The Morgan fingerprint density at radius 3 is 2.70 bits per heavy atom. The third-order valence-electron chi connectivity index (χ3n) is 7.62. The van der Waals surface area contributed by atoms with Gasteiger partial charge in [-0.2, -0.15) is 0 Å². The van der Waals surface area contributed by atoms with Crippen molar-refractivity contribution in [2.75, 3.05) is 13.1 Å². The van der Waals surface area contributed by atoms with E-state index in [0.29, 0.717) is 24.7 Å². The molecule has 33 heavy (non-hydrogen) atoms. The Balaban J connectivity index is 1.02. The van der Waals surface area contributed by atoms with Gasteiger partial charge in [-0.05, 0) is 51.0 Å². The Kier molecular flexibility index (Phi) is 6.67. The zero-order valence-corrected chi connectivity index (χ0v) is 20.1. The molecule has 5 nitrogen and oxygen atoms in total. The molecule has 2 aromatic heterocycles. The predicted molar refractivity (Wildman–Crippen MR) is 123 cm³/mol. The van der Waals surface area contributed by atoms with Crippen LogP contribution in [-0.2, 0) is 24.2 Å². The number of alkyl halides is 2. The first-order chi connectivity index (χ1) is 15.8. The van der Waals surface area contributed by atoms with Crippen LogP contribution in [0.2, 0.25) is 0 Å². The summed E-state index contributed by atoms with van der Waals surface area (Å²) in [5.41, 5.74) is 1.12. The van der Waals surface area contributed by atoms with Gasteiger partial charge in [0.25, 0.3) is 0 Å². The van der Waals surface area contributed by atoms with Crippen LogP contribution in [0.1, 0.15) is 84.5 Å². The number of carbonyl (C=O) groups is 1. The van der Waals surface area contributed by atoms with Gasteiger partial charge in [-0.15, -0.1) is 11.3 Å². The van der Waals surface area contributed by atoms with E-state index in [9.17, 15) is 13.6 Å². The summed E-state index contributed by atoms with van der Waals surface area (Å²) in [5, 5.41) is 0.929. The molecule has 1 aliphatic heterocycles. The summed E-state index contributed by atoms with van der Waals surface area (Å²) in [7, 11) is 0. The molecule has 0 amide bonds. The Labute approximate surface area is 198 Å². The topological polar surface area (TPSA) is 59.2 Å². The maximum Gasteiger partial charge on any atom is 0.249 e. The van der Waals surface area contributed by atoms with Gasteiger partial charge in [-0.3, -0.25) is 9.69 Å². The largest absolute Gasteiger partial charge is 0.446 e. The fourth-order valence-corrected chi connectivity index (χ4v) is 6.77. The summed E-state index contributed by atoms with van der Waals surface area (Å²) in [5.74, 6) is 0.230. The van der Waals surface area contributed by atoms with Crippen LogP contribution in [0.4, 0.5) is 8.78 Å². The lowest BCUT2D eigenvalue weighted by atomic mass is 9.78. The first kappa shape index (κ1) is 23.1. The molecule has 3 heterocycles. The zero-order valence-electron chi connectivity index (χ0n) is 19.3. The van der Waals surface area contributed by atoms with E-state index in [1.807, 2.05) is 6.92 Å². The summed E-state index contributed by atoms with van der Waals surface area (Å²) in [6.45, 7) is 4.82. The molecular formula is C25H33F2N3O2S. The zero-order chi connectivity index (χ0) is 23.0. The van der Waals surface area contributed by atoms with Crippen molar-refractivity contribution in [1.82, 2.24) is 14.9 Å². The fourth-order valence-electron chi connectivity index (χ4n) is 5.61. The SMILES string of the molecule is Cc1cnc(CC(=O)CC2CCC(CCN3CCc4sc(C5CC(F)(F)C5)nc4C3)CC2)o1. The second-order valence-corrected chi connectivity index (χ2v) is 11.5. The molecule has 0 saturated heterocycles. The standard InChI is InChI=1S/C25H33F2N3O2S/c1-16-14-28-23(32-16)11-20(31)10-18-4-2-17(3-5-18)6-8-30-9-7-22-21(15-30)29-24(33-22)19-12-25(26,27)13-19/h14,17-19H,2-13,15H2,1H3. The minimum atomic E-state index is -2.48. The van der Waals surface area contributed by atoms with Crippen LogP contribution in [0.3, 0.4) is 0 Å². The number of halogens is 2. The van der Waals surface area contributed by atoms with E-state index in [1.165, 1.54) is 24.1 Å². The van der Waals surface area contributed by atoms with Crippen LogP contribution in [0.5, 0.6) is 0 Å². The van der Waals surface area contributed by atoms with Crippen molar-refractivity contribution in [1.29, 1.82) is 0 Å². The number of thiazole rings is 1. The van der Waals surface area contributed by atoms with Gasteiger partial charge in [0.15, 0.2) is 0 Å². The third kappa shape index (κ3) is 5.70. The number of fused-ring (bicyclic) bond motifs is 1. The van der Waals surface area contributed by atoms with Gasteiger partial charge in [0.1, 0.15) is 11.5 Å². The molecule has 0 bridgehead atoms. The van der Waals surface area contributed by atoms with Gasteiger partial charge in [-0.25, -0.2) is 18.7 Å². The minimum absolute atomic E-state index is 0.0310. The van der Waals surface area contributed by atoms with Gasteiger partial charge in [-0.1, -0.05) is 12.8 Å². The van der Waals surface area contributed by atoms with Crippen molar-refractivity contribution in [2.45, 2.75) is 89.5 Å². The number of ketones is 1. The maximum absolute atomic E-state index is 13.2. The molecular weight excluding hydrogens is 444 g/mol. The highest BCUT2D eigenvalue weighted by atomic mass is 32.1. The van der Waals surface area contributed by atoms with E-state index < -0.39 is 5.92 Å². The molecule has 180 valence electrons. The van der Waals surface area contributed by atoms with Crippen molar-refractivity contribution in [3.8, 4) is 0 Å². The summed E-state index contributed by atoms with van der Waals surface area (Å²) in [6, 6.07) is 0. The highest BCUT2D eigenvalue weighted by Crippen LogP contribution is 2.49. The van der Waals surface area contributed by atoms with Crippen molar-refractivity contribution in [2.24, 2.45) is 11.8 Å². The predicted octanol–water partition coefficient (Wildman–Crippen LogP) is 5.71. The summed E-state index contributed by atoms with van der Waals surface area (Å²) >= 11 is 1.67. The van der Waals surface area contributed by atoms with Crippen LogP contribution in [0.25, 0.3) is 0 Å². The van der Waals surface area contributed by atoms with E-state index in [4.69, 9.17) is 9.40 Å². The average Bonchev–Trinajstić information content (AvgIpc) is 3.36. The Morgan fingerprint density at radius 2 is 2.00 bits per heavy atom. The van der Waals surface area contributed by atoms with Gasteiger partial charge < -0.3 is 4.42 Å². The fraction of sp³-hybridized carbons (Fsp3) is 0.720. The van der Waals surface area contributed by atoms with Crippen LogP contribution >= 0.6 is 11.3 Å². The molecule has 3 aliphatic rings. The Hall–Kier alpha value is -1.67. The van der Waals surface area contributed by atoms with E-state index in [0.717, 1.165) is 61.3 Å². The van der Waals surface area contributed by atoms with Crippen molar-refractivity contribution in [3.63, 3.8) is 0 Å². The number of aromatic nitrogens is 2. The molecule has 2 saturated carbocycles. The van der Waals surface area contributed by atoms with Crippen molar-refractivity contribution >= 4 is 17.1 Å². The molecule has 0 radical (unpaired) electrons. The monoisotopic (exact) mass is 477 g/mol. The molecule has 0 spiro atoms. The lowest BCUT2D eigenvalue weighted by molar-refractivity contribution is -0.119. The number of nitrogens with zero attached hydrogens (tertiary/aromatic N) is 3. The van der Waals surface area contributed by atoms with Gasteiger partial charge in [0.05, 0.1) is 23.3 Å². The molecule has 2 aromatic rings. The number of oxazole rings is 1. The number of aryl methyl sites for hydroxylation is 1. The Bertz CT molecular complexity index is 972. The molecule has 2 fully saturated rings. The highest BCUT2D eigenvalue weighted by Gasteiger charge is 2.47. The minimum Gasteiger partial charge on any atom is -0.446 e. The van der Waals surface area contributed by atoms with Crippen LogP contribution in [-0.4, -0.2) is 39.7 Å². The lowest BCUT2D eigenvalue weighted by Crippen LogP contribution is -2.33. The van der Waals surface area contributed by atoms with Crippen molar-refractivity contribution in [3.05, 3.63) is 33.4 Å². The summed E-state index contributed by atoms with van der Waals surface area (Å²) in [4.78, 5) is 25.0.